The van der Waals surface area contributed by atoms with Gasteiger partial charge < -0.3 is 4.74 Å². The first-order valence-electron chi connectivity index (χ1n) is 5.36. The summed E-state index contributed by atoms with van der Waals surface area (Å²) in [5.74, 6) is -1.89. The second kappa shape index (κ2) is 5.36. The molecule has 2 nitrogen and oxygen atoms in total. The Hall–Kier alpha value is -1.94. The standard InChI is InChI=1S/C14H9ClF2O2/c1-19-13-6-8(2-5-11(13)15)14(18)10-4-3-9(16)7-12(10)17/h2-7H,1H3. The lowest BCUT2D eigenvalue weighted by Gasteiger charge is -2.06. The summed E-state index contributed by atoms with van der Waals surface area (Å²) in [6.45, 7) is 0. The van der Waals surface area contributed by atoms with E-state index in [0.717, 1.165) is 12.1 Å². The summed E-state index contributed by atoms with van der Waals surface area (Å²) in [6, 6.07) is 7.15. The second-order valence-electron chi connectivity index (χ2n) is 3.80. The van der Waals surface area contributed by atoms with E-state index in [1.807, 2.05) is 0 Å². The van der Waals surface area contributed by atoms with Gasteiger partial charge in [-0.2, -0.15) is 0 Å². The van der Waals surface area contributed by atoms with E-state index in [2.05, 4.69) is 0 Å². The zero-order valence-electron chi connectivity index (χ0n) is 9.91. The van der Waals surface area contributed by atoms with Gasteiger partial charge in [0.15, 0.2) is 5.78 Å². The average molecular weight is 283 g/mol. The third-order valence-electron chi connectivity index (χ3n) is 2.59. The van der Waals surface area contributed by atoms with Crippen LogP contribution in [-0.2, 0) is 0 Å². The minimum Gasteiger partial charge on any atom is -0.495 e. The minimum absolute atomic E-state index is 0.203. The molecule has 5 heteroatoms. The molecule has 0 fully saturated rings. The number of benzene rings is 2. The topological polar surface area (TPSA) is 26.3 Å². The van der Waals surface area contributed by atoms with Crippen molar-refractivity contribution in [2.24, 2.45) is 0 Å². The first kappa shape index (κ1) is 13.5. The molecule has 0 bridgehead atoms. The lowest BCUT2D eigenvalue weighted by Crippen LogP contribution is -2.05. The maximum Gasteiger partial charge on any atom is 0.196 e. The van der Waals surface area contributed by atoms with Crippen LogP contribution in [0.5, 0.6) is 5.75 Å². The van der Waals surface area contributed by atoms with Crippen LogP contribution in [0.4, 0.5) is 8.78 Å². The summed E-state index contributed by atoms with van der Waals surface area (Å²) in [4.78, 5) is 12.1. The van der Waals surface area contributed by atoms with Crippen LogP contribution in [0.15, 0.2) is 36.4 Å². The van der Waals surface area contributed by atoms with Crippen LogP contribution in [0.1, 0.15) is 15.9 Å². The molecule has 0 amide bonds. The molecule has 0 radical (unpaired) electrons. The fourth-order valence-corrected chi connectivity index (χ4v) is 1.82. The number of carbonyl (C=O) groups excluding carboxylic acids is 1. The van der Waals surface area contributed by atoms with Crippen molar-refractivity contribution in [2.75, 3.05) is 7.11 Å². The molecule has 0 spiro atoms. The summed E-state index contributed by atoms with van der Waals surface area (Å²) in [6.07, 6.45) is 0. The molecule has 2 rings (SSSR count). The summed E-state index contributed by atoms with van der Waals surface area (Å²) in [5, 5.41) is 0.346. The number of hydrogen-bond donors (Lipinski definition) is 0. The number of halogens is 3. The molecule has 0 aromatic heterocycles. The van der Waals surface area contributed by atoms with Gasteiger partial charge in [0.25, 0.3) is 0 Å². The Kier molecular flexibility index (Phi) is 3.81. The van der Waals surface area contributed by atoms with Gasteiger partial charge in [-0.15, -0.1) is 0 Å². The van der Waals surface area contributed by atoms with Crippen LogP contribution in [0.2, 0.25) is 5.02 Å². The Morgan fingerprint density at radius 1 is 1.16 bits per heavy atom. The van der Waals surface area contributed by atoms with Crippen molar-refractivity contribution in [2.45, 2.75) is 0 Å². The number of methoxy groups -OCH3 is 1. The Labute approximate surface area is 113 Å². The third-order valence-corrected chi connectivity index (χ3v) is 2.90. The quantitative estimate of drug-likeness (QED) is 0.799. The van der Waals surface area contributed by atoms with Crippen molar-refractivity contribution in [1.82, 2.24) is 0 Å². The molecule has 0 aliphatic rings. The molecular formula is C14H9ClF2O2. The van der Waals surface area contributed by atoms with Crippen LogP contribution < -0.4 is 4.74 Å². The largest absolute Gasteiger partial charge is 0.495 e. The molecule has 0 atom stereocenters. The van der Waals surface area contributed by atoms with E-state index in [-0.39, 0.29) is 11.1 Å². The van der Waals surface area contributed by atoms with Gasteiger partial charge in [0.1, 0.15) is 17.4 Å². The second-order valence-corrected chi connectivity index (χ2v) is 4.21. The highest BCUT2D eigenvalue weighted by atomic mass is 35.5. The lowest BCUT2D eigenvalue weighted by atomic mass is 10.0. The normalized spacial score (nSPS) is 10.3. The number of carbonyl (C=O) groups is 1. The molecule has 2 aromatic carbocycles. The van der Waals surface area contributed by atoms with E-state index in [0.29, 0.717) is 16.8 Å². The van der Waals surface area contributed by atoms with E-state index >= 15 is 0 Å². The molecule has 0 N–H and O–H groups in total. The number of rotatable bonds is 3. The van der Waals surface area contributed by atoms with Gasteiger partial charge in [0.2, 0.25) is 0 Å². The Bertz CT molecular complexity index is 641. The van der Waals surface area contributed by atoms with Gasteiger partial charge >= 0.3 is 0 Å². The molecule has 0 aliphatic carbocycles. The molecule has 0 aliphatic heterocycles. The third kappa shape index (κ3) is 2.74. The van der Waals surface area contributed by atoms with Crippen molar-refractivity contribution in [3.05, 3.63) is 64.2 Å². The number of ketones is 1. The molecule has 0 saturated carbocycles. The van der Waals surface area contributed by atoms with Crippen LogP contribution in [0.25, 0.3) is 0 Å². The van der Waals surface area contributed by atoms with Gasteiger partial charge in [0, 0.05) is 11.6 Å². The first-order valence-corrected chi connectivity index (χ1v) is 5.74. The molecule has 0 heterocycles. The van der Waals surface area contributed by atoms with Crippen molar-refractivity contribution in [3.8, 4) is 5.75 Å². The zero-order valence-corrected chi connectivity index (χ0v) is 10.7. The summed E-state index contributed by atoms with van der Waals surface area (Å²) in [7, 11) is 1.41. The van der Waals surface area contributed by atoms with Gasteiger partial charge in [-0.05, 0) is 30.3 Å². The maximum absolute atomic E-state index is 13.5. The van der Waals surface area contributed by atoms with Gasteiger partial charge in [0.05, 0.1) is 17.7 Å². The van der Waals surface area contributed by atoms with E-state index in [1.165, 1.54) is 25.3 Å². The summed E-state index contributed by atoms with van der Waals surface area (Å²) in [5.41, 5.74) is 0.0116. The molecule has 0 unspecified atom stereocenters. The number of ether oxygens (including phenoxy) is 1. The van der Waals surface area contributed by atoms with Gasteiger partial charge in [-0.3, -0.25) is 4.79 Å². The van der Waals surface area contributed by atoms with E-state index in [9.17, 15) is 13.6 Å². The minimum atomic E-state index is -0.904. The lowest BCUT2D eigenvalue weighted by molar-refractivity contribution is 0.103. The number of hydrogen-bond acceptors (Lipinski definition) is 2. The van der Waals surface area contributed by atoms with Crippen molar-refractivity contribution in [3.63, 3.8) is 0 Å². The Balaban J connectivity index is 2.44. The molecule has 2 aromatic rings. The van der Waals surface area contributed by atoms with Crippen LogP contribution in [0.3, 0.4) is 0 Å². The predicted octanol–water partition coefficient (Wildman–Crippen LogP) is 3.86. The van der Waals surface area contributed by atoms with Crippen molar-refractivity contribution >= 4 is 17.4 Å². The summed E-state index contributed by atoms with van der Waals surface area (Å²) >= 11 is 5.84. The fraction of sp³-hybridized carbons (Fsp3) is 0.0714. The molecule has 0 saturated heterocycles. The highest BCUT2D eigenvalue weighted by Gasteiger charge is 2.16. The zero-order chi connectivity index (χ0) is 14.0. The monoisotopic (exact) mass is 282 g/mol. The Morgan fingerprint density at radius 3 is 2.53 bits per heavy atom. The highest BCUT2D eigenvalue weighted by molar-refractivity contribution is 6.32. The van der Waals surface area contributed by atoms with Crippen molar-refractivity contribution < 1.29 is 18.3 Å². The van der Waals surface area contributed by atoms with Gasteiger partial charge in [-0.1, -0.05) is 11.6 Å². The SMILES string of the molecule is COc1cc(C(=O)c2ccc(F)cc2F)ccc1Cl. The van der Waals surface area contributed by atoms with Crippen LogP contribution in [-0.4, -0.2) is 12.9 Å². The molecular weight excluding hydrogens is 274 g/mol. The highest BCUT2D eigenvalue weighted by Crippen LogP contribution is 2.26. The fourth-order valence-electron chi connectivity index (χ4n) is 1.63. The van der Waals surface area contributed by atoms with Crippen LogP contribution in [0, 0.1) is 11.6 Å². The predicted molar refractivity (Wildman–Crippen MR) is 67.8 cm³/mol. The first-order chi connectivity index (χ1) is 9.02. The van der Waals surface area contributed by atoms with Crippen molar-refractivity contribution in [1.29, 1.82) is 0 Å². The van der Waals surface area contributed by atoms with Crippen LogP contribution >= 0.6 is 11.6 Å². The van der Waals surface area contributed by atoms with Gasteiger partial charge in [-0.25, -0.2) is 8.78 Å². The maximum atomic E-state index is 13.5. The molecule has 98 valence electrons. The average Bonchev–Trinajstić information content (AvgIpc) is 2.38. The smallest absolute Gasteiger partial charge is 0.196 e. The summed E-state index contributed by atoms with van der Waals surface area (Å²) < 4.78 is 31.3. The Morgan fingerprint density at radius 2 is 1.89 bits per heavy atom. The van der Waals surface area contributed by atoms with E-state index in [1.54, 1.807) is 0 Å². The molecule has 19 heavy (non-hydrogen) atoms. The van der Waals surface area contributed by atoms with E-state index in [4.69, 9.17) is 16.3 Å². The van der Waals surface area contributed by atoms with E-state index < -0.39 is 17.4 Å².